The molecule has 1 atom stereocenters. The molecular weight excluding hydrogens is 226 g/mol. The first-order valence-electron chi connectivity index (χ1n) is 5.62. The molecule has 1 aromatic rings. The van der Waals surface area contributed by atoms with Crippen LogP contribution < -0.4 is 5.32 Å². The van der Waals surface area contributed by atoms with E-state index in [1.807, 2.05) is 11.7 Å². The van der Waals surface area contributed by atoms with Gasteiger partial charge in [0.25, 0.3) is 0 Å². The Balaban J connectivity index is 2.84. The van der Waals surface area contributed by atoms with Crippen LogP contribution in [0.25, 0.3) is 0 Å². The lowest BCUT2D eigenvalue weighted by Crippen LogP contribution is -2.22. The van der Waals surface area contributed by atoms with Crippen molar-refractivity contribution in [1.82, 2.24) is 15.1 Å². The smallest absolute Gasteiger partial charge is 0.0834 e. The number of hydrogen-bond donors (Lipinski definition) is 1. The Morgan fingerprint density at radius 2 is 2.38 bits per heavy atom. The van der Waals surface area contributed by atoms with Crippen molar-refractivity contribution < 1.29 is 4.74 Å². The van der Waals surface area contributed by atoms with E-state index in [4.69, 9.17) is 16.3 Å². The van der Waals surface area contributed by atoms with E-state index in [2.05, 4.69) is 17.3 Å². The number of hydrogen-bond acceptors (Lipinski definition) is 3. The fourth-order valence-corrected chi connectivity index (χ4v) is 2.03. The highest BCUT2D eigenvalue weighted by Crippen LogP contribution is 2.25. The summed E-state index contributed by atoms with van der Waals surface area (Å²) in [4.78, 5) is 0. The third kappa shape index (κ3) is 3.20. The zero-order valence-electron chi connectivity index (χ0n) is 10.2. The molecule has 0 radical (unpaired) electrons. The summed E-state index contributed by atoms with van der Waals surface area (Å²) < 4.78 is 7.07. The normalized spacial score (nSPS) is 13.0. The number of halogens is 1. The molecule has 92 valence electrons. The molecule has 0 amide bonds. The number of nitrogens with one attached hydrogen (secondary N) is 1. The van der Waals surface area contributed by atoms with Crippen molar-refractivity contribution in [3.05, 3.63) is 16.9 Å². The van der Waals surface area contributed by atoms with Crippen molar-refractivity contribution >= 4 is 11.6 Å². The summed E-state index contributed by atoms with van der Waals surface area (Å²) in [6.45, 7) is 3.73. The highest BCUT2D eigenvalue weighted by atomic mass is 35.5. The minimum atomic E-state index is 0.196. The van der Waals surface area contributed by atoms with Crippen LogP contribution in [0, 0.1) is 0 Å². The molecule has 1 heterocycles. The first kappa shape index (κ1) is 13.5. The SMILES string of the molecule is CCCn1ncc(Cl)c1C(CCOC)NC. The molecule has 0 bridgehead atoms. The predicted molar refractivity (Wildman–Crippen MR) is 65.8 cm³/mol. The first-order valence-corrected chi connectivity index (χ1v) is 5.99. The van der Waals surface area contributed by atoms with E-state index < -0.39 is 0 Å². The van der Waals surface area contributed by atoms with Crippen LogP contribution >= 0.6 is 11.6 Å². The minimum absolute atomic E-state index is 0.196. The highest BCUT2D eigenvalue weighted by molar-refractivity contribution is 6.31. The molecular formula is C11H20ClN3O. The number of aryl methyl sites for hydroxylation is 1. The van der Waals surface area contributed by atoms with Gasteiger partial charge >= 0.3 is 0 Å². The van der Waals surface area contributed by atoms with Crippen LogP contribution in [0.4, 0.5) is 0 Å². The Kier molecular flexibility index (Phi) is 5.80. The average molecular weight is 246 g/mol. The summed E-state index contributed by atoms with van der Waals surface area (Å²) in [7, 11) is 3.64. The molecule has 5 heteroatoms. The van der Waals surface area contributed by atoms with E-state index in [0.29, 0.717) is 6.61 Å². The molecule has 1 N–H and O–H groups in total. The van der Waals surface area contributed by atoms with E-state index in [1.54, 1.807) is 13.3 Å². The van der Waals surface area contributed by atoms with E-state index >= 15 is 0 Å². The Bertz CT molecular complexity index is 314. The number of rotatable bonds is 7. The van der Waals surface area contributed by atoms with Gasteiger partial charge in [0.2, 0.25) is 0 Å². The van der Waals surface area contributed by atoms with E-state index in [9.17, 15) is 0 Å². The molecule has 1 aromatic heterocycles. The van der Waals surface area contributed by atoms with Crippen LogP contribution in [0.3, 0.4) is 0 Å². The second-order valence-electron chi connectivity index (χ2n) is 3.72. The number of methoxy groups -OCH3 is 1. The molecule has 0 aliphatic rings. The maximum absolute atomic E-state index is 6.17. The molecule has 0 fully saturated rings. The lowest BCUT2D eigenvalue weighted by atomic mass is 10.1. The summed E-state index contributed by atoms with van der Waals surface area (Å²) in [6.07, 6.45) is 3.65. The molecule has 0 aliphatic carbocycles. The molecule has 4 nitrogen and oxygen atoms in total. The molecule has 0 saturated carbocycles. The molecule has 1 rings (SSSR count). The summed E-state index contributed by atoms with van der Waals surface area (Å²) in [5.41, 5.74) is 1.06. The monoisotopic (exact) mass is 245 g/mol. The van der Waals surface area contributed by atoms with Crippen molar-refractivity contribution in [2.24, 2.45) is 0 Å². The standard InChI is InChI=1S/C11H20ClN3O/c1-4-6-15-11(9(12)8-14-15)10(13-2)5-7-16-3/h8,10,13H,4-7H2,1-3H3. The van der Waals surface area contributed by atoms with Crippen molar-refractivity contribution in [3.63, 3.8) is 0 Å². The summed E-state index contributed by atoms with van der Waals surface area (Å²) >= 11 is 6.17. The zero-order valence-corrected chi connectivity index (χ0v) is 10.9. The van der Waals surface area contributed by atoms with Crippen LogP contribution in [-0.2, 0) is 11.3 Å². The molecule has 1 unspecified atom stereocenters. The molecule has 0 spiro atoms. The Morgan fingerprint density at radius 3 is 2.94 bits per heavy atom. The molecule has 0 aliphatic heterocycles. The maximum Gasteiger partial charge on any atom is 0.0834 e. The van der Waals surface area contributed by atoms with Crippen molar-refractivity contribution in [2.75, 3.05) is 20.8 Å². The van der Waals surface area contributed by atoms with Crippen molar-refractivity contribution in [2.45, 2.75) is 32.4 Å². The third-order valence-corrected chi connectivity index (χ3v) is 2.85. The van der Waals surface area contributed by atoms with Gasteiger partial charge in [0.1, 0.15) is 0 Å². The highest BCUT2D eigenvalue weighted by Gasteiger charge is 2.18. The van der Waals surface area contributed by atoms with Gasteiger partial charge in [-0.25, -0.2) is 0 Å². The predicted octanol–water partition coefficient (Wildman–Crippen LogP) is 2.24. The molecule has 0 aromatic carbocycles. The zero-order chi connectivity index (χ0) is 12.0. The quantitative estimate of drug-likeness (QED) is 0.801. The van der Waals surface area contributed by atoms with Gasteiger partial charge in [0.05, 0.1) is 23.0 Å². The van der Waals surface area contributed by atoms with E-state index in [1.165, 1.54) is 0 Å². The van der Waals surface area contributed by atoms with Gasteiger partial charge in [0, 0.05) is 20.3 Å². The van der Waals surface area contributed by atoms with Crippen molar-refractivity contribution in [1.29, 1.82) is 0 Å². The van der Waals surface area contributed by atoms with Crippen LogP contribution in [0.5, 0.6) is 0 Å². The Morgan fingerprint density at radius 1 is 1.62 bits per heavy atom. The van der Waals surface area contributed by atoms with Gasteiger partial charge in [-0.3, -0.25) is 4.68 Å². The lowest BCUT2D eigenvalue weighted by molar-refractivity contribution is 0.182. The minimum Gasteiger partial charge on any atom is -0.385 e. The Labute approximate surface area is 102 Å². The van der Waals surface area contributed by atoms with Gasteiger partial charge in [-0.15, -0.1) is 0 Å². The molecule has 16 heavy (non-hydrogen) atoms. The summed E-state index contributed by atoms with van der Waals surface area (Å²) in [6, 6.07) is 0.196. The van der Waals surface area contributed by atoms with Gasteiger partial charge in [-0.1, -0.05) is 18.5 Å². The third-order valence-electron chi connectivity index (χ3n) is 2.56. The summed E-state index contributed by atoms with van der Waals surface area (Å²) in [5.74, 6) is 0. The van der Waals surface area contributed by atoms with Gasteiger partial charge < -0.3 is 10.1 Å². The maximum atomic E-state index is 6.17. The van der Waals surface area contributed by atoms with Gasteiger partial charge in [-0.05, 0) is 19.9 Å². The largest absolute Gasteiger partial charge is 0.385 e. The number of ether oxygens (including phenoxy) is 1. The Hall–Kier alpha value is -0.580. The second kappa shape index (κ2) is 6.89. The van der Waals surface area contributed by atoms with Gasteiger partial charge in [-0.2, -0.15) is 5.10 Å². The van der Waals surface area contributed by atoms with Crippen LogP contribution in [-0.4, -0.2) is 30.5 Å². The fraction of sp³-hybridized carbons (Fsp3) is 0.727. The average Bonchev–Trinajstić information content (AvgIpc) is 2.63. The van der Waals surface area contributed by atoms with Gasteiger partial charge in [0.15, 0.2) is 0 Å². The first-order chi connectivity index (χ1) is 7.74. The van der Waals surface area contributed by atoms with E-state index in [0.717, 1.165) is 30.1 Å². The topological polar surface area (TPSA) is 39.1 Å². The van der Waals surface area contributed by atoms with Crippen LogP contribution in [0.2, 0.25) is 5.02 Å². The van der Waals surface area contributed by atoms with E-state index in [-0.39, 0.29) is 6.04 Å². The number of aromatic nitrogens is 2. The lowest BCUT2D eigenvalue weighted by Gasteiger charge is -2.18. The fourth-order valence-electron chi connectivity index (χ4n) is 1.76. The summed E-state index contributed by atoms with van der Waals surface area (Å²) in [5, 5.41) is 8.27. The second-order valence-corrected chi connectivity index (χ2v) is 4.13. The molecule has 0 saturated heterocycles. The van der Waals surface area contributed by atoms with Crippen LogP contribution in [0.15, 0.2) is 6.20 Å². The number of nitrogens with zero attached hydrogens (tertiary/aromatic N) is 2. The van der Waals surface area contributed by atoms with Crippen molar-refractivity contribution in [3.8, 4) is 0 Å². The van der Waals surface area contributed by atoms with Crippen LogP contribution in [0.1, 0.15) is 31.5 Å².